The Kier molecular flexibility index (Phi) is 4.93. The number of para-hydroxylation sites is 1. The van der Waals surface area contributed by atoms with Crippen molar-refractivity contribution in [3.05, 3.63) is 53.3 Å². The highest BCUT2D eigenvalue weighted by Gasteiger charge is 2.38. The summed E-state index contributed by atoms with van der Waals surface area (Å²) in [6.07, 6.45) is 1.64. The number of hydrogen-bond donors (Lipinski definition) is 3. The molecule has 0 saturated carbocycles. The van der Waals surface area contributed by atoms with Crippen LogP contribution in [0.25, 0.3) is 22.4 Å². The number of imidazole rings is 1. The molecule has 0 radical (unpaired) electrons. The summed E-state index contributed by atoms with van der Waals surface area (Å²) in [5.41, 5.74) is 3.23. The van der Waals surface area contributed by atoms with E-state index >= 15 is 0 Å². The van der Waals surface area contributed by atoms with Crippen LogP contribution >= 0.6 is 0 Å². The molecule has 1 saturated heterocycles. The molecule has 5 nitrogen and oxygen atoms in total. The molecular formula is C24H29FN4O. The first-order valence-corrected chi connectivity index (χ1v) is 10.4. The van der Waals surface area contributed by atoms with Gasteiger partial charge in [0.15, 0.2) is 0 Å². The van der Waals surface area contributed by atoms with Gasteiger partial charge in [-0.1, -0.05) is 12.1 Å². The molecule has 3 N–H and O–H groups in total. The van der Waals surface area contributed by atoms with Crippen LogP contribution in [0.1, 0.15) is 56.5 Å². The number of hydrogen-bond acceptors (Lipinski definition) is 3. The Bertz CT molecular complexity index is 1100. The van der Waals surface area contributed by atoms with Gasteiger partial charge in [-0.3, -0.25) is 4.79 Å². The average Bonchev–Trinajstić information content (AvgIpc) is 3.04. The quantitative estimate of drug-likeness (QED) is 0.587. The number of aryl methyl sites for hydroxylation is 1. The number of carbonyl (C=O) groups is 1. The number of amides is 1. The second kappa shape index (κ2) is 7.20. The summed E-state index contributed by atoms with van der Waals surface area (Å²) in [4.78, 5) is 20.5. The van der Waals surface area contributed by atoms with Crippen LogP contribution in [0.5, 0.6) is 0 Å². The van der Waals surface area contributed by atoms with Crippen LogP contribution in [0.4, 0.5) is 4.39 Å². The van der Waals surface area contributed by atoms with E-state index in [1.165, 1.54) is 6.07 Å². The molecule has 1 amide bonds. The Morgan fingerprint density at radius 3 is 2.47 bits per heavy atom. The molecule has 30 heavy (non-hydrogen) atoms. The maximum absolute atomic E-state index is 14.9. The zero-order valence-corrected chi connectivity index (χ0v) is 18.2. The second-order valence-electron chi connectivity index (χ2n) is 9.72. The van der Waals surface area contributed by atoms with Gasteiger partial charge in [-0.2, -0.15) is 0 Å². The zero-order valence-electron chi connectivity index (χ0n) is 18.2. The number of nitrogens with one attached hydrogen (secondary N) is 3. The molecule has 1 aliphatic rings. The molecule has 0 aliphatic carbocycles. The van der Waals surface area contributed by atoms with Gasteiger partial charge >= 0.3 is 0 Å². The number of aromatic amines is 1. The number of benzene rings is 2. The highest BCUT2D eigenvalue weighted by molar-refractivity contribution is 5.95. The van der Waals surface area contributed by atoms with Gasteiger partial charge in [-0.25, -0.2) is 9.37 Å². The van der Waals surface area contributed by atoms with Crippen molar-refractivity contribution in [2.45, 2.75) is 64.6 Å². The van der Waals surface area contributed by atoms with Crippen molar-refractivity contribution in [1.82, 2.24) is 20.6 Å². The summed E-state index contributed by atoms with van der Waals surface area (Å²) in [5, 5.41) is 6.70. The molecule has 2 heterocycles. The van der Waals surface area contributed by atoms with Gasteiger partial charge in [0.05, 0.1) is 16.6 Å². The molecule has 0 unspecified atom stereocenters. The summed E-state index contributed by atoms with van der Waals surface area (Å²) in [6.45, 7) is 10.5. The smallest absolute Gasteiger partial charge is 0.251 e. The molecule has 1 aliphatic heterocycles. The van der Waals surface area contributed by atoms with Crippen molar-refractivity contribution in [3.63, 3.8) is 0 Å². The molecule has 1 aromatic heterocycles. The molecule has 6 heteroatoms. The summed E-state index contributed by atoms with van der Waals surface area (Å²) in [7, 11) is 0. The Labute approximate surface area is 176 Å². The fourth-order valence-electron chi connectivity index (χ4n) is 4.84. The summed E-state index contributed by atoms with van der Waals surface area (Å²) < 4.78 is 14.9. The van der Waals surface area contributed by atoms with Crippen LogP contribution < -0.4 is 10.6 Å². The molecular weight excluding hydrogens is 379 g/mol. The van der Waals surface area contributed by atoms with Gasteiger partial charge in [0, 0.05) is 22.7 Å². The van der Waals surface area contributed by atoms with E-state index in [1.54, 1.807) is 12.1 Å². The third-order valence-corrected chi connectivity index (χ3v) is 5.73. The summed E-state index contributed by atoms with van der Waals surface area (Å²) in [6, 6.07) is 10.4. The molecule has 0 atom stereocenters. The van der Waals surface area contributed by atoms with E-state index in [1.807, 2.05) is 25.1 Å². The van der Waals surface area contributed by atoms with Crippen LogP contribution in [-0.4, -0.2) is 33.0 Å². The number of halogens is 1. The molecule has 2 aromatic carbocycles. The topological polar surface area (TPSA) is 69.8 Å². The first-order valence-electron chi connectivity index (χ1n) is 10.4. The maximum Gasteiger partial charge on any atom is 0.251 e. The van der Waals surface area contributed by atoms with Crippen LogP contribution in [0, 0.1) is 12.7 Å². The second-order valence-corrected chi connectivity index (χ2v) is 9.72. The van der Waals surface area contributed by atoms with E-state index in [-0.39, 0.29) is 23.0 Å². The normalized spacial score (nSPS) is 18.5. The minimum Gasteiger partial charge on any atom is -0.349 e. The number of aromatic nitrogens is 2. The lowest BCUT2D eigenvalue weighted by atomic mass is 9.79. The lowest BCUT2D eigenvalue weighted by Crippen LogP contribution is -2.62. The van der Waals surface area contributed by atoms with Crippen molar-refractivity contribution in [2.24, 2.45) is 0 Å². The third-order valence-electron chi connectivity index (χ3n) is 5.73. The number of rotatable bonds is 3. The fraction of sp³-hybridized carbons (Fsp3) is 0.417. The first kappa shape index (κ1) is 20.5. The third kappa shape index (κ3) is 4.10. The van der Waals surface area contributed by atoms with Gasteiger partial charge < -0.3 is 15.6 Å². The van der Waals surface area contributed by atoms with Crippen LogP contribution in [0.15, 0.2) is 36.4 Å². The van der Waals surface area contributed by atoms with Crippen molar-refractivity contribution in [2.75, 3.05) is 0 Å². The molecule has 4 rings (SSSR count). The van der Waals surface area contributed by atoms with Gasteiger partial charge in [0.2, 0.25) is 0 Å². The van der Waals surface area contributed by atoms with E-state index in [0.717, 1.165) is 29.4 Å². The van der Waals surface area contributed by atoms with Gasteiger partial charge in [0.1, 0.15) is 11.6 Å². The molecule has 1 fully saturated rings. The van der Waals surface area contributed by atoms with Crippen molar-refractivity contribution < 1.29 is 9.18 Å². The number of fused-ring (bicyclic) bond motifs is 1. The van der Waals surface area contributed by atoms with E-state index < -0.39 is 5.82 Å². The number of piperidine rings is 1. The van der Waals surface area contributed by atoms with Gasteiger partial charge in [0.25, 0.3) is 5.91 Å². The number of nitrogens with zero attached hydrogens (tertiary/aromatic N) is 1. The van der Waals surface area contributed by atoms with Crippen LogP contribution in [0.2, 0.25) is 0 Å². The Morgan fingerprint density at radius 2 is 1.83 bits per heavy atom. The van der Waals surface area contributed by atoms with E-state index in [2.05, 4.69) is 48.3 Å². The fourth-order valence-corrected chi connectivity index (χ4v) is 4.84. The van der Waals surface area contributed by atoms with Crippen molar-refractivity contribution in [3.8, 4) is 11.4 Å². The highest BCUT2D eigenvalue weighted by atomic mass is 19.1. The van der Waals surface area contributed by atoms with Gasteiger partial charge in [-0.15, -0.1) is 0 Å². The van der Waals surface area contributed by atoms with Crippen LogP contribution in [0.3, 0.4) is 0 Å². The van der Waals surface area contributed by atoms with E-state index in [9.17, 15) is 9.18 Å². The molecule has 0 spiro atoms. The minimum absolute atomic E-state index is 0.0323. The van der Waals surface area contributed by atoms with E-state index in [0.29, 0.717) is 17.0 Å². The number of H-pyrrole nitrogens is 1. The predicted molar refractivity (Wildman–Crippen MR) is 118 cm³/mol. The largest absolute Gasteiger partial charge is 0.349 e. The molecule has 158 valence electrons. The van der Waals surface area contributed by atoms with Crippen molar-refractivity contribution in [1.29, 1.82) is 0 Å². The Morgan fingerprint density at radius 1 is 1.13 bits per heavy atom. The Hall–Kier alpha value is -2.73. The van der Waals surface area contributed by atoms with Crippen LogP contribution in [-0.2, 0) is 0 Å². The average molecular weight is 409 g/mol. The zero-order chi connectivity index (χ0) is 21.7. The lowest BCUT2D eigenvalue weighted by Gasteiger charge is -2.46. The standard InChI is InChI=1S/C24H29FN4O/c1-14-7-6-8-19-20(14)28-21(27-19)17-10-9-15(11-18(17)25)22(30)26-16-12-23(2,3)29-24(4,5)13-16/h6-11,16,29H,12-13H2,1-5H3,(H,26,30)(H,27,28). The summed E-state index contributed by atoms with van der Waals surface area (Å²) in [5.74, 6) is -0.254. The maximum atomic E-state index is 14.9. The SMILES string of the molecule is Cc1cccc2[nH]c(-c3ccc(C(=O)NC4CC(C)(C)NC(C)(C)C4)cc3F)nc12. The molecule has 3 aromatic rings. The monoisotopic (exact) mass is 408 g/mol. The van der Waals surface area contributed by atoms with E-state index in [4.69, 9.17) is 0 Å². The Balaban J connectivity index is 1.55. The highest BCUT2D eigenvalue weighted by Crippen LogP contribution is 2.29. The first-order chi connectivity index (χ1) is 14.0. The number of carbonyl (C=O) groups excluding carboxylic acids is 1. The lowest BCUT2D eigenvalue weighted by molar-refractivity contribution is 0.0872. The molecule has 0 bridgehead atoms. The minimum atomic E-state index is -0.467. The summed E-state index contributed by atoms with van der Waals surface area (Å²) >= 11 is 0. The predicted octanol–water partition coefficient (Wildman–Crippen LogP) is 4.72. The van der Waals surface area contributed by atoms with Gasteiger partial charge in [-0.05, 0) is 77.3 Å². The van der Waals surface area contributed by atoms with Crippen molar-refractivity contribution >= 4 is 16.9 Å².